The number of hydrogen-bond donors (Lipinski definition) is 2. The monoisotopic (exact) mass is 474 g/mol. The van der Waals surface area contributed by atoms with Crippen molar-refractivity contribution >= 4 is 28.7 Å². The molecule has 0 bridgehead atoms. The predicted molar refractivity (Wildman–Crippen MR) is 109 cm³/mol. The van der Waals surface area contributed by atoms with Crippen LogP contribution in [0.25, 0.3) is 5.57 Å². The molecule has 3 N–H and O–H groups in total. The molecular formula is C20H21F5N5OS+. The molecule has 172 valence electrons. The molecule has 1 amide bonds. The third-order valence-corrected chi connectivity index (χ3v) is 6.98. The van der Waals surface area contributed by atoms with E-state index in [9.17, 15) is 26.7 Å². The van der Waals surface area contributed by atoms with Crippen LogP contribution >= 0.6 is 11.3 Å². The lowest BCUT2D eigenvalue weighted by atomic mass is 9.87. The highest BCUT2D eigenvalue weighted by Crippen LogP contribution is 2.36. The predicted octanol–water partition coefficient (Wildman–Crippen LogP) is 4.23. The maximum Gasteiger partial charge on any atom is 0.420 e. The molecule has 6 nitrogen and oxygen atoms in total. The number of thiophene rings is 1. The molecule has 0 unspecified atom stereocenters. The van der Waals surface area contributed by atoms with Gasteiger partial charge in [-0.1, -0.05) is 12.0 Å². The number of nitrogens with zero attached hydrogens (tertiary/aromatic N) is 3. The Morgan fingerprint density at radius 3 is 2.78 bits per heavy atom. The van der Waals surface area contributed by atoms with Crippen LogP contribution in [-0.2, 0) is 6.42 Å². The Morgan fingerprint density at radius 1 is 1.38 bits per heavy atom. The van der Waals surface area contributed by atoms with Gasteiger partial charge in [-0.3, -0.25) is 4.79 Å². The molecule has 1 aromatic rings. The Bertz CT molecular complexity index is 1070. The minimum Gasteiger partial charge on any atom is -0.341 e. The van der Waals surface area contributed by atoms with Crippen molar-refractivity contribution in [3.05, 3.63) is 39.4 Å². The largest absolute Gasteiger partial charge is 0.420 e. The van der Waals surface area contributed by atoms with Crippen LogP contribution in [0.1, 0.15) is 46.3 Å². The van der Waals surface area contributed by atoms with Gasteiger partial charge in [0.2, 0.25) is 0 Å². The molecule has 12 heteroatoms. The second kappa shape index (κ2) is 8.14. The average molecular weight is 474 g/mol. The number of fused-ring (bicyclic) bond motifs is 1. The van der Waals surface area contributed by atoms with Crippen molar-refractivity contribution in [1.82, 2.24) is 5.32 Å². The summed E-state index contributed by atoms with van der Waals surface area (Å²) >= 11 is 1.14. The molecule has 1 fully saturated rings. The number of halogens is 5. The number of amides is 1. The number of nitrogens with one attached hydrogen (secondary N) is 1. The minimum absolute atomic E-state index is 0.215. The van der Waals surface area contributed by atoms with Crippen LogP contribution in [0.2, 0.25) is 0 Å². The number of nitrogens with two attached hydrogens (primary N) is 1. The summed E-state index contributed by atoms with van der Waals surface area (Å²) in [5.41, 5.74) is 6.10. The molecule has 1 saturated carbocycles. The van der Waals surface area contributed by atoms with E-state index in [1.165, 1.54) is 6.20 Å². The average Bonchev–Trinajstić information content (AvgIpc) is 3.33. The summed E-state index contributed by atoms with van der Waals surface area (Å²) < 4.78 is 68.6. The standard InChI is InChI=1S/C20H20F5N5OS/c1-2-14-11(12-8-28-30-9-10(20(23,24)25)7-27-17(12)30)6-15(32-14)18(31)29-16-13(26)4-3-5-19(16,21)22/h6-8,13,16H,2-5,9,26H2,1H3/p+1/t13-,16-/m1/s1. The summed E-state index contributed by atoms with van der Waals surface area (Å²) in [7, 11) is 0. The van der Waals surface area contributed by atoms with E-state index in [2.05, 4.69) is 15.4 Å². The zero-order valence-electron chi connectivity index (χ0n) is 17.0. The Hall–Kier alpha value is -2.47. The maximum absolute atomic E-state index is 14.3. The number of rotatable bonds is 4. The van der Waals surface area contributed by atoms with Crippen LogP contribution in [0.5, 0.6) is 0 Å². The highest BCUT2D eigenvalue weighted by atomic mass is 32.1. The second-order valence-corrected chi connectivity index (χ2v) is 9.03. The second-order valence-electron chi connectivity index (χ2n) is 7.89. The van der Waals surface area contributed by atoms with Crippen LogP contribution < -0.4 is 11.1 Å². The highest BCUT2D eigenvalue weighted by molar-refractivity contribution is 7.14. The molecule has 1 aliphatic carbocycles. The van der Waals surface area contributed by atoms with Crippen LogP contribution in [0.4, 0.5) is 22.0 Å². The van der Waals surface area contributed by atoms with Crippen molar-refractivity contribution in [1.29, 1.82) is 0 Å². The van der Waals surface area contributed by atoms with Gasteiger partial charge < -0.3 is 11.1 Å². The number of carbonyl (C=O) groups is 1. The van der Waals surface area contributed by atoms with E-state index in [0.717, 1.165) is 27.1 Å². The van der Waals surface area contributed by atoms with Crippen LogP contribution in [0.15, 0.2) is 34.1 Å². The summed E-state index contributed by atoms with van der Waals surface area (Å²) in [6, 6.07) is -0.755. The van der Waals surface area contributed by atoms with Crippen molar-refractivity contribution < 1.29 is 31.4 Å². The Labute approximate surface area is 184 Å². The first kappa shape index (κ1) is 22.7. The molecule has 3 aliphatic rings. The number of azo groups is 2. The summed E-state index contributed by atoms with van der Waals surface area (Å²) in [5.74, 6) is -3.50. The molecule has 2 aliphatic heterocycles. The van der Waals surface area contributed by atoms with E-state index in [1.807, 2.05) is 6.92 Å². The number of alkyl halides is 5. The third-order valence-electron chi connectivity index (χ3n) is 5.70. The fourth-order valence-corrected chi connectivity index (χ4v) is 5.01. The first-order valence-electron chi connectivity index (χ1n) is 10.1. The quantitative estimate of drug-likeness (QED) is 0.506. The van der Waals surface area contributed by atoms with E-state index < -0.39 is 42.2 Å². The Morgan fingerprint density at radius 2 is 2.12 bits per heavy atom. The molecule has 32 heavy (non-hydrogen) atoms. The lowest BCUT2D eigenvalue weighted by Crippen LogP contribution is -2.59. The van der Waals surface area contributed by atoms with Gasteiger partial charge >= 0.3 is 12.0 Å². The summed E-state index contributed by atoms with van der Waals surface area (Å²) in [4.78, 5) is 17.7. The molecule has 0 saturated heterocycles. The van der Waals surface area contributed by atoms with Gasteiger partial charge in [-0.15, -0.1) is 16.0 Å². The number of carbonyl (C=O) groups excluding carboxylic acids is 1. The topological polar surface area (TPSA) is 82.9 Å². The molecule has 1 aromatic heterocycles. The van der Waals surface area contributed by atoms with Gasteiger partial charge in [0.05, 0.1) is 11.1 Å². The molecule has 3 heterocycles. The van der Waals surface area contributed by atoms with Crippen LogP contribution in [0.3, 0.4) is 0 Å². The van der Waals surface area contributed by atoms with Gasteiger partial charge in [-0.2, -0.15) is 13.2 Å². The van der Waals surface area contributed by atoms with Crippen molar-refractivity contribution in [2.75, 3.05) is 6.54 Å². The maximum atomic E-state index is 14.3. The lowest BCUT2D eigenvalue weighted by molar-refractivity contribution is -0.469. The SMILES string of the molecule is CCc1sc(C(=O)N[C@@H]2[C@H](N)CCCC2(F)F)cc1C1=CN=[N+]2CC(C(F)(F)F)=CN=C12. The van der Waals surface area contributed by atoms with Gasteiger partial charge in [0, 0.05) is 22.9 Å². The zero-order chi connectivity index (χ0) is 23.3. The number of hydrogen-bond acceptors (Lipinski definition) is 5. The summed E-state index contributed by atoms with van der Waals surface area (Å²) in [6.07, 6.45) is -1.44. The van der Waals surface area contributed by atoms with Crippen LogP contribution in [0, 0.1) is 0 Å². The van der Waals surface area contributed by atoms with E-state index in [1.54, 1.807) is 6.07 Å². The van der Waals surface area contributed by atoms with Gasteiger partial charge in [-0.05, 0) is 30.3 Å². The van der Waals surface area contributed by atoms with Gasteiger partial charge in [0.1, 0.15) is 23.7 Å². The van der Waals surface area contributed by atoms with Crippen molar-refractivity contribution in [3.63, 3.8) is 0 Å². The number of amidine groups is 1. The Kier molecular flexibility index (Phi) is 5.78. The van der Waals surface area contributed by atoms with E-state index >= 15 is 0 Å². The highest BCUT2D eigenvalue weighted by Gasteiger charge is 2.47. The summed E-state index contributed by atoms with van der Waals surface area (Å²) in [6.45, 7) is 1.40. The molecule has 0 aromatic carbocycles. The van der Waals surface area contributed by atoms with Gasteiger partial charge in [0.15, 0.2) is 6.20 Å². The van der Waals surface area contributed by atoms with E-state index in [0.29, 0.717) is 30.4 Å². The molecule has 0 spiro atoms. The molecule has 2 atom stereocenters. The first-order chi connectivity index (χ1) is 15.0. The lowest BCUT2D eigenvalue weighted by Gasteiger charge is -2.36. The number of aryl methyl sites for hydroxylation is 1. The summed E-state index contributed by atoms with van der Waals surface area (Å²) in [5, 5.41) is 6.41. The normalized spacial score (nSPS) is 24.8. The first-order valence-corrected chi connectivity index (χ1v) is 10.9. The fraction of sp³-hybridized carbons (Fsp3) is 0.500. The third kappa shape index (κ3) is 4.13. The van der Waals surface area contributed by atoms with Crippen LogP contribution in [-0.4, -0.2) is 47.2 Å². The molecule has 4 rings (SSSR count). The smallest absolute Gasteiger partial charge is 0.341 e. The van der Waals surface area contributed by atoms with Crippen molar-refractivity contribution in [3.8, 4) is 0 Å². The fourth-order valence-electron chi connectivity index (χ4n) is 3.99. The van der Waals surface area contributed by atoms with Gasteiger partial charge in [-0.25, -0.2) is 8.78 Å². The molecule has 0 radical (unpaired) electrons. The van der Waals surface area contributed by atoms with Gasteiger partial charge in [0.25, 0.3) is 11.8 Å². The Balaban J connectivity index is 1.59. The zero-order valence-corrected chi connectivity index (χ0v) is 17.9. The number of aliphatic imine (C=N–C) groups is 1. The minimum atomic E-state index is -4.50. The molecular weight excluding hydrogens is 453 g/mol. The van der Waals surface area contributed by atoms with Crippen molar-refractivity contribution in [2.24, 2.45) is 15.8 Å². The van der Waals surface area contributed by atoms with Crippen molar-refractivity contribution in [2.45, 2.75) is 56.8 Å². The van der Waals surface area contributed by atoms with E-state index in [-0.39, 0.29) is 17.1 Å². The van der Waals surface area contributed by atoms with E-state index in [4.69, 9.17) is 5.73 Å².